The standard InChI is InChI=1S/C14H13F3N2O/c1-8-5-6-19-13(18)11(8)12(20)9-3-2-4-10(7-9)14(15,16)17/h2-7,12,20H,1H3,(H2,18,19). The maximum atomic E-state index is 12.7. The highest BCUT2D eigenvalue weighted by atomic mass is 19.4. The molecule has 0 aliphatic heterocycles. The van der Waals surface area contributed by atoms with Crippen molar-refractivity contribution in [1.82, 2.24) is 4.98 Å². The molecule has 20 heavy (non-hydrogen) atoms. The molecule has 2 rings (SSSR count). The van der Waals surface area contributed by atoms with Crippen LogP contribution in [0.25, 0.3) is 0 Å². The number of benzene rings is 1. The molecule has 3 nitrogen and oxygen atoms in total. The van der Waals surface area contributed by atoms with Gasteiger partial charge in [-0.3, -0.25) is 0 Å². The maximum absolute atomic E-state index is 12.7. The Balaban J connectivity index is 2.46. The lowest BCUT2D eigenvalue weighted by molar-refractivity contribution is -0.137. The lowest BCUT2D eigenvalue weighted by Crippen LogP contribution is -2.10. The van der Waals surface area contributed by atoms with Gasteiger partial charge >= 0.3 is 6.18 Å². The number of hydrogen-bond donors (Lipinski definition) is 2. The Hall–Kier alpha value is -2.08. The van der Waals surface area contributed by atoms with E-state index in [0.717, 1.165) is 12.1 Å². The molecule has 6 heteroatoms. The molecule has 1 aromatic heterocycles. The number of rotatable bonds is 2. The van der Waals surface area contributed by atoms with Crippen LogP contribution >= 0.6 is 0 Å². The fourth-order valence-electron chi connectivity index (χ4n) is 2.00. The average molecular weight is 282 g/mol. The topological polar surface area (TPSA) is 59.1 Å². The summed E-state index contributed by atoms with van der Waals surface area (Å²) in [4.78, 5) is 3.85. The Morgan fingerprint density at radius 2 is 1.95 bits per heavy atom. The Kier molecular flexibility index (Phi) is 3.67. The van der Waals surface area contributed by atoms with Crippen LogP contribution in [-0.4, -0.2) is 10.1 Å². The lowest BCUT2D eigenvalue weighted by Gasteiger charge is -2.17. The first-order valence-electron chi connectivity index (χ1n) is 5.87. The van der Waals surface area contributed by atoms with E-state index in [1.165, 1.54) is 18.3 Å². The van der Waals surface area contributed by atoms with Crippen LogP contribution in [0.1, 0.15) is 28.4 Å². The highest BCUT2D eigenvalue weighted by Gasteiger charge is 2.31. The van der Waals surface area contributed by atoms with Crippen molar-refractivity contribution in [2.45, 2.75) is 19.2 Å². The summed E-state index contributed by atoms with van der Waals surface area (Å²) >= 11 is 0. The summed E-state index contributed by atoms with van der Waals surface area (Å²) in [6.07, 6.45) is -4.22. The zero-order valence-corrected chi connectivity index (χ0v) is 10.6. The first-order chi connectivity index (χ1) is 9.30. The minimum Gasteiger partial charge on any atom is -0.384 e. The number of halogens is 3. The molecular formula is C14H13F3N2O. The number of nitrogens with two attached hydrogens (primary N) is 1. The number of hydrogen-bond acceptors (Lipinski definition) is 3. The Labute approximate surface area is 113 Å². The first-order valence-corrected chi connectivity index (χ1v) is 5.87. The van der Waals surface area contributed by atoms with Gasteiger partial charge in [0.1, 0.15) is 11.9 Å². The third-order valence-corrected chi connectivity index (χ3v) is 3.04. The minimum absolute atomic E-state index is 0.106. The molecule has 0 spiro atoms. The molecule has 1 atom stereocenters. The molecule has 0 radical (unpaired) electrons. The zero-order chi connectivity index (χ0) is 14.9. The molecule has 0 fully saturated rings. The molecule has 0 amide bonds. The van der Waals surface area contributed by atoms with Gasteiger partial charge in [0, 0.05) is 11.8 Å². The third-order valence-electron chi connectivity index (χ3n) is 3.04. The second-order valence-corrected chi connectivity index (χ2v) is 4.45. The summed E-state index contributed by atoms with van der Waals surface area (Å²) in [6.45, 7) is 1.71. The van der Waals surface area contributed by atoms with Crippen LogP contribution in [0, 0.1) is 6.92 Å². The van der Waals surface area contributed by atoms with Crippen LogP contribution in [-0.2, 0) is 6.18 Å². The molecule has 1 unspecified atom stereocenters. The van der Waals surface area contributed by atoms with Crippen LogP contribution in [0.5, 0.6) is 0 Å². The smallest absolute Gasteiger partial charge is 0.384 e. The predicted octanol–water partition coefficient (Wildman–Crippen LogP) is 3.07. The van der Waals surface area contributed by atoms with Crippen molar-refractivity contribution in [1.29, 1.82) is 0 Å². The van der Waals surface area contributed by atoms with Crippen molar-refractivity contribution >= 4 is 5.82 Å². The fraction of sp³-hybridized carbons (Fsp3) is 0.214. The summed E-state index contributed by atoms with van der Waals surface area (Å²) in [5.74, 6) is 0.106. The largest absolute Gasteiger partial charge is 0.416 e. The number of aliphatic hydroxyl groups excluding tert-OH is 1. The first kappa shape index (κ1) is 14.3. The summed E-state index contributed by atoms with van der Waals surface area (Å²) in [6, 6.07) is 6.18. The third kappa shape index (κ3) is 2.75. The number of aliphatic hydroxyl groups is 1. The van der Waals surface area contributed by atoms with E-state index in [4.69, 9.17) is 5.73 Å². The van der Waals surface area contributed by atoms with Gasteiger partial charge in [-0.2, -0.15) is 13.2 Å². The average Bonchev–Trinajstić information content (AvgIpc) is 2.37. The number of aromatic nitrogens is 1. The van der Waals surface area contributed by atoms with Crippen LogP contribution in [0.3, 0.4) is 0 Å². The maximum Gasteiger partial charge on any atom is 0.416 e. The van der Waals surface area contributed by atoms with Crippen molar-refractivity contribution in [3.63, 3.8) is 0 Å². The monoisotopic (exact) mass is 282 g/mol. The SMILES string of the molecule is Cc1ccnc(N)c1C(O)c1cccc(C(F)(F)F)c1. The molecule has 0 saturated carbocycles. The predicted molar refractivity (Wildman–Crippen MR) is 68.9 cm³/mol. The van der Waals surface area contributed by atoms with Gasteiger partial charge in [-0.15, -0.1) is 0 Å². The molecule has 2 aromatic rings. The van der Waals surface area contributed by atoms with Gasteiger partial charge in [0.2, 0.25) is 0 Å². The molecule has 0 aliphatic rings. The van der Waals surface area contributed by atoms with Gasteiger partial charge in [0.15, 0.2) is 0 Å². The molecule has 0 bridgehead atoms. The molecular weight excluding hydrogens is 269 g/mol. The summed E-state index contributed by atoms with van der Waals surface area (Å²) in [5, 5.41) is 10.3. The fourth-order valence-corrected chi connectivity index (χ4v) is 2.00. The number of pyridine rings is 1. The van der Waals surface area contributed by atoms with Crippen molar-refractivity contribution in [3.8, 4) is 0 Å². The molecule has 0 aliphatic carbocycles. The van der Waals surface area contributed by atoms with Gasteiger partial charge in [-0.1, -0.05) is 12.1 Å². The highest BCUT2D eigenvalue weighted by molar-refractivity contribution is 5.49. The van der Waals surface area contributed by atoms with Gasteiger partial charge in [0.25, 0.3) is 0 Å². The van der Waals surface area contributed by atoms with Crippen molar-refractivity contribution < 1.29 is 18.3 Å². The van der Waals surface area contributed by atoms with E-state index in [0.29, 0.717) is 11.1 Å². The molecule has 106 valence electrons. The number of anilines is 1. The van der Waals surface area contributed by atoms with E-state index in [2.05, 4.69) is 4.98 Å². The van der Waals surface area contributed by atoms with Crippen LogP contribution in [0.2, 0.25) is 0 Å². The molecule has 1 heterocycles. The van der Waals surface area contributed by atoms with Gasteiger partial charge in [-0.05, 0) is 36.2 Å². The van der Waals surface area contributed by atoms with Crippen molar-refractivity contribution in [3.05, 3.63) is 58.8 Å². The van der Waals surface area contributed by atoms with E-state index in [-0.39, 0.29) is 11.4 Å². The molecule has 0 saturated heterocycles. The van der Waals surface area contributed by atoms with Crippen molar-refractivity contribution in [2.75, 3.05) is 5.73 Å². The summed E-state index contributed by atoms with van der Waals surface area (Å²) < 4.78 is 38.0. The van der Waals surface area contributed by atoms with E-state index in [1.54, 1.807) is 13.0 Å². The normalized spacial score (nSPS) is 13.2. The van der Waals surface area contributed by atoms with E-state index in [9.17, 15) is 18.3 Å². The number of nitrogens with zero attached hydrogens (tertiary/aromatic N) is 1. The van der Waals surface area contributed by atoms with Crippen LogP contribution in [0.4, 0.5) is 19.0 Å². The van der Waals surface area contributed by atoms with Crippen molar-refractivity contribution in [2.24, 2.45) is 0 Å². The zero-order valence-electron chi connectivity index (χ0n) is 10.6. The second kappa shape index (κ2) is 5.13. The molecule has 1 aromatic carbocycles. The van der Waals surface area contributed by atoms with Gasteiger partial charge in [-0.25, -0.2) is 4.98 Å². The Morgan fingerprint density at radius 1 is 1.25 bits per heavy atom. The second-order valence-electron chi connectivity index (χ2n) is 4.45. The summed E-state index contributed by atoms with van der Waals surface area (Å²) in [7, 11) is 0. The van der Waals surface area contributed by atoms with Gasteiger partial charge in [0.05, 0.1) is 5.56 Å². The van der Waals surface area contributed by atoms with Crippen LogP contribution < -0.4 is 5.73 Å². The number of aryl methyl sites for hydroxylation is 1. The van der Waals surface area contributed by atoms with E-state index in [1.807, 2.05) is 0 Å². The van der Waals surface area contributed by atoms with Crippen LogP contribution in [0.15, 0.2) is 36.5 Å². The van der Waals surface area contributed by atoms with E-state index >= 15 is 0 Å². The number of nitrogen functional groups attached to an aromatic ring is 1. The Bertz CT molecular complexity index is 606. The van der Waals surface area contributed by atoms with Gasteiger partial charge < -0.3 is 10.8 Å². The Morgan fingerprint density at radius 3 is 2.55 bits per heavy atom. The highest BCUT2D eigenvalue weighted by Crippen LogP contribution is 2.33. The lowest BCUT2D eigenvalue weighted by atomic mass is 9.97. The summed E-state index contributed by atoms with van der Waals surface area (Å²) in [5.41, 5.74) is 6.00. The minimum atomic E-state index is -4.45. The quantitative estimate of drug-likeness (QED) is 0.890. The molecule has 3 N–H and O–H groups in total. The van der Waals surface area contributed by atoms with E-state index < -0.39 is 17.8 Å². The number of alkyl halides is 3.